The molecule has 2 atom stereocenters. The molecule has 0 aromatic carbocycles. The fourth-order valence-corrected chi connectivity index (χ4v) is 4.04. The van der Waals surface area contributed by atoms with Crippen LogP contribution in [0.2, 0.25) is 0 Å². The number of hydrogen-bond donors (Lipinski definition) is 2. The molecule has 0 radical (unpaired) electrons. The highest BCUT2D eigenvalue weighted by molar-refractivity contribution is 7.90. The third-order valence-corrected chi connectivity index (χ3v) is 5.98. The lowest BCUT2D eigenvalue weighted by atomic mass is 10.1. The van der Waals surface area contributed by atoms with Crippen molar-refractivity contribution in [3.05, 3.63) is 22.4 Å². The number of nitrogens with one attached hydrogen (secondary N) is 2. The van der Waals surface area contributed by atoms with Crippen molar-refractivity contribution < 1.29 is 8.42 Å². The Labute approximate surface area is 127 Å². The van der Waals surface area contributed by atoms with E-state index < -0.39 is 15.3 Å². The number of thiophene rings is 1. The third-order valence-electron chi connectivity index (χ3n) is 3.16. The molecule has 1 aromatic rings. The Hall–Kier alpha value is -0.430. The van der Waals surface area contributed by atoms with Gasteiger partial charge in [0.15, 0.2) is 0 Å². The zero-order valence-electron chi connectivity index (χ0n) is 12.6. The summed E-state index contributed by atoms with van der Waals surface area (Å²) in [6.45, 7) is 7.23. The molecule has 0 fully saturated rings. The SMILES string of the molecule is CCCNCC(C)S(=O)(=O)NC(CCC)c1cccs1. The Morgan fingerprint density at radius 3 is 2.60 bits per heavy atom. The number of sulfonamides is 1. The van der Waals surface area contributed by atoms with Crippen molar-refractivity contribution in [1.82, 2.24) is 10.0 Å². The zero-order valence-corrected chi connectivity index (χ0v) is 14.2. The van der Waals surface area contributed by atoms with Crippen LogP contribution in [0.25, 0.3) is 0 Å². The summed E-state index contributed by atoms with van der Waals surface area (Å²) in [7, 11) is -3.29. The maximum Gasteiger partial charge on any atom is 0.216 e. The third kappa shape index (κ3) is 5.52. The molecule has 2 unspecified atom stereocenters. The largest absolute Gasteiger partial charge is 0.315 e. The Balaban J connectivity index is 2.66. The molecule has 20 heavy (non-hydrogen) atoms. The minimum atomic E-state index is -3.29. The van der Waals surface area contributed by atoms with E-state index in [2.05, 4.69) is 23.9 Å². The molecule has 1 aromatic heterocycles. The molecular weight excluding hydrogens is 292 g/mol. The van der Waals surface area contributed by atoms with E-state index in [4.69, 9.17) is 0 Å². The van der Waals surface area contributed by atoms with Crippen LogP contribution in [0.5, 0.6) is 0 Å². The average molecular weight is 319 g/mol. The van der Waals surface area contributed by atoms with E-state index in [0.29, 0.717) is 6.54 Å². The van der Waals surface area contributed by atoms with E-state index in [0.717, 1.165) is 30.7 Å². The lowest BCUT2D eigenvalue weighted by Crippen LogP contribution is -2.40. The molecule has 0 aliphatic carbocycles. The highest BCUT2D eigenvalue weighted by Gasteiger charge is 2.25. The Kier molecular flexibility index (Phi) is 7.72. The second kappa shape index (κ2) is 8.77. The molecule has 0 spiro atoms. The summed E-state index contributed by atoms with van der Waals surface area (Å²) >= 11 is 1.60. The van der Waals surface area contributed by atoms with Crippen LogP contribution in [0.4, 0.5) is 0 Å². The highest BCUT2D eigenvalue weighted by Crippen LogP contribution is 2.24. The fourth-order valence-electron chi connectivity index (χ4n) is 1.94. The zero-order chi connectivity index (χ0) is 15.0. The van der Waals surface area contributed by atoms with Crippen molar-refractivity contribution in [2.45, 2.75) is 51.3 Å². The molecule has 0 aliphatic rings. The van der Waals surface area contributed by atoms with Crippen LogP contribution in [0, 0.1) is 0 Å². The standard InChI is InChI=1S/C14H26N2O2S2/c1-4-7-13(14-8-6-10-19-14)16-20(17,18)12(3)11-15-9-5-2/h6,8,10,12-13,15-16H,4-5,7,9,11H2,1-3H3. The van der Waals surface area contributed by atoms with Gasteiger partial charge in [-0.05, 0) is 37.8 Å². The second-order valence-electron chi connectivity index (χ2n) is 5.03. The van der Waals surface area contributed by atoms with Crippen LogP contribution in [0.15, 0.2) is 17.5 Å². The van der Waals surface area contributed by atoms with Gasteiger partial charge in [0.25, 0.3) is 0 Å². The first-order valence-corrected chi connectivity index (χ1v) is 9.69. The first-order valence-electron chi connectivity index (χ1n) is 7.26. The van der Waals surface area contributed by atoms with Gasteiger partial charge in [-0.25, -0.2) is 13.1 Å². The molecule has 2 N–H and O–H groups in total. The average Bonchev–Trinajstić information content (AvgIpc) is 2.92. The Morgan fingerprint density at radius 2 is 2.05 bits per heavy atom. The summed E-state index contributed by atoms with van der Waals surface area (Å²) < 4.78 is 27.6. The molecule has 1 rings (SSSR count). The summed E-state index contributed by atoms with van der Waals surface area (Å²) in [6, 6.07) is 3.86. The van der Waals surface area contributed by atoms with E-state index in [1.54, 1.807) is 18.3 Å². The molecule has 6 heteroatoms. The van der Waals surface area contributed by atoms with Gasteiger partial charge in [0.2, 0.25) is 10.0 Å². The van der Waals surface area contributed by atoms with Crippen molar-refractivity contribution in [3.8, 4) is 0 Å². The van der Waals surface area contributed by atoms with Crippen molar-refractivity contribution in [1.29, 1.82) is 0 Å². The van der Waals surface area contributed by atoms with Crippen molar-refractivity contribution in [2.24, 2.45) is 0 Å². The molecule has 0 saturated carbocycles. The van der Waals surface area contributed by atoms with Crippen LogP contribution >= 0.6 is 11.3 Å². The second-order valence-corrected chi connectivity index (χ2v) is 8.14. The minimum absolute atomic E-state index is 0.0985. The predicted octanol–water partition coefficient (Wildman–Crippen LogP) is 2.90. The van der Waals surface area contributed by atoms with Gasteiger partial charge < -0.3 is 5.32 Å². The van der Waals surface area contributed by atoms with Crippen LogP contribution in [0.1, 0.15) is 51.0 Å². The van der Waals surface area contributed by atoms with Crippen LogP contribution in [-0.2, 0) is 10.0 Å². The Bertz CT molecular complexity index is 458. The normalized spacial score (nSPS) is 15.2. The summed E-state index contributed by atoms with van der Waals surface area (Å²) in [6.07, 6.45) is 2.79. The maximum absolute atomic E-state index is 12.4. The Morgan fingerprint density at radius 1 is 1.30 bits per heavy atom. The van der Waals surface area contributed by atoms with E-state index in [-0.39, 0.29) is 6.04 Å². The van der Waals surface area contributed by atoms with Crippen molar-refractivity contribution >= 4 is 21.4 Å². The van der Waals surface area contributed by atoms with Crippen LogP contribution in [-0.4, -0.2) is 26.8 Å². The minimum Gasteiger partial charge on any atom is -0.315 e. The lowest BCUT2D eigenvalue weighted by Gasteiger charge is -2.20. The first-order chi connectivity index (χ1) is 9.51. The predicted molar refractivity (Wildman–Crippen MR) is 86.6 cm³/mol. The van der Waals surface area contributed by atoms with Crippen LogP contribution in [0.3, 0.4) is 0 Å². The number of hydrogen-bond acceptors (Lipinski definition) is 4. The van der Waals surface area contributed by atoms with Gasteiger partial charge >= 0.3 is 0 Å². The summed E-state index contributed by atoms with van der Waals surface area (Å²) in [5.74, 6) is 0. The summed E-state index contributed by atoms with van der Waals surface area (Å²) in [5, 5.41) is 4.73. The smallest absolute Gasteiger partial charge is 0.216 e. The van der Waals surface area contributed by atoms with Crippen molar-refractivity contribution in [2.75, 3.05) is 13.1 Å². The van der Waals surface area contributed by atoms with Gasteiger partial charge in [0, 0.05) is 11.4 Å². The van der Waals surface area contributed by atoms with E-state index in [1.165, 1.54) is 0 Å². The molecule has 116 valence electrons. The molecule has 0 amide bonds. The molecule has 4 nitrogen and oxygen atoms in total. The topological polar surface area (TPSA) is 58.2 Å². The molecular formula is C14H26N2O2S2. The molecule has 0 saturated heterocycles. The van der Waals surface area contributed by atoms with Gasteiger partial charge in [-0.3, -0.25) is 0 Å². The van der Waals surface area contributed by atoms with E-state index >= 15 is 0 Å². The number of rotatable bonds is 10. The fraction of sp³-hybridized carbons (Fsp3) is 0.714. The first kappa shape index (κ1) is 17.6. The summed E-state index contributed by atoms with van der Waals surface area (Å²) in [5.41, 5.74) is 0. The van der Waals surface area contributed by atoms with Gasteiger partial charge in [0.1, 0.15) is 0 Å². The van der Waals surface area contributed by atoms with Gasteiger partial charge in [-0.2, -0.15) is 0 Å². The maximum atomic E-state index is 12.4. The van der Waals surface area contributed by atoms with E-state index in [9.17, 15) is 8.42 Å². The quantitative estimate of drug-likeness (QED) is 0.652. The van der Waals surface area contributed by atoms with Gasteiger partial charge in [-0.1, -0.05) is 26.3 Å². The van der Waals surface area contributed by atoms with Crippen molar-refractivity contribution in [3.63, 3.8) is 0 Å². The molecule has 1 heterocycles. The molecule has 0 bridgehead atoms. The molecule has 0 aliphatic heterocycles. The monoisotopic (exact) mass is 318 g/mol. The van der Waals surface area contributed by atoms with Gasteiger partial charge in [0.05, 0.1) is 11.3 Å². The highest BCUT2D eigenvalue weighted by atomic mass is 32.2. The van der Waals surface area contributed by atoms with E-state index in [1.807, 2.05) is 17.5 Å². The van der Waals surface area contributed by atoms with Gasteiger partial charge in [-0.15, -0.1) is 11.3 Å². The lowest BCUT2D eigenvalue weighted by molar-refractivity contribution is 0.524. The van der Waals surface area contributed by atoms with Crippen LogP contribution < -0.4 is 10.0 Å². The summed E-state index contributed by atoms with van der Waals surface area (Å²) in [4.78, 5) is 1.09.